The molecule has 1 aromatic carbocycles. The smallest absolute Gasteiger partial charge is 0.257 e. The normalized spacial score (nSPS) is 15.6. The molecule has 2 N–H and O–H groups in total. The van der Waals surface area contributed by atoms with Crippen LogP contribution in [0.4, 0.5) is 0 Å². The van der Waals surface area contributed by atoms with Gasteiger partial charge in [-0.15, -0.1) is 0 Å². The zero-order valence-corrected chi connectivity index (χ0v) is 17.3. The van der Waals surface area contributed by atoms with Crippen LogP contribution in [0.15, 0.2) is 55.0 Å². The third kappa shape index (κ3) is 3.11. The highest BCUT2D eigenvalue weighted by molar-refractivity contribution is 6.00. The highest BCUT2D eigenvalue weighted by Gasteiger charge is 2.25. The number of fused-ring (bicyclic) bond motifs is 2. The molecule has 2 aliphatic rings. The van der Waals surface area contributed by atoms with Crippen molar-refractivity contribution in [3.05, 3.63) is 66.1 Å². The molecule has 0 fully saturated rings. The number of amides is 1. The van der Waals surface area contributed by atoms with Crippen molar-refractivity contribution >= 4 is 22.5 Å². The van der Waals surface area contributed by atoms with E-state index in [0.717, 1.165) is 28.6 Å². The Morgan fingerprint density at radius 3 is 2.91 bits per heavy atom. The summed E-state index contributed by atoms with van der Waals surface area (Å²) in [6.45, 7) is 2.25. The van der Waals surface area contributed by atoms with Gasteiger partial charge in [0, 0.05) is 42.0 Å². The number of aromatic nitrogens is 4. The summed E-state index contributed by atoms with van der Waals surface area (Å²) in [5.41, 5.74) is 5.34. The van der Waals surface area contributed by atoms with Gasteiger partial charge in [-0.3, -0.25) is 9.89 Å². The largest absolute Gasteiger partial charge is 0.486 e. The number of ether oxygens (including phenoxy) is 2. The molecule has 2 aliphatic heterocycles. The molecule has 6 rings (SSSR count). The van der Waals surface area contributed by atoms with Gasteiger partial charge in [0.25, 0.3) is 5.91 Å². The van der Waals surface area contributed by atoms with Crippen LogP contribution in [0.1, 0.15) is 22.3 Å². The lowest BCUT2D eigenvalue weighted by molar-refractivity contribution is 0.0773. The summed E-state index contributed by atoms with van der Waals surface area (Å²) in [6, 6.07) is 9.68. The van der Waals surface area contributed by atoms with E-state index in [-0.39, 0.29) is 5.91 Å². The fourth-order valence-corrected chi connectivity index (χ4v) is 4.36. The number of rotatable bonds is 3. The number of nitrogens with zero attached hydrogens (tertiary/aromatic N) is 3. The zero-order chi connectivity index (χ0) is 21.5. The molecule has 160 valence electrons. The van der Waals surface area contributed by atoms with Crippen LogP contribution in [0.5, 0.6) is 11.5 Å². The van der Waals surface area contributed by atoms with Crippen molar-refractivity contribution in [2.45, 2.75) is 6.42 Å². The number of hydrogen-bond donors (Lipinski definition) is 2. The van der Waals surface area contributed by atoms with Gasteiger partial charge in [0.2, 0.25) is 0 Å². The maximum Gasteiger partial charge on any atom is 0.257 e. The second kappa shape index (κ2) is 7.56. The van der Waals surface area contributed by atoms with Gasteiger partial charge in [-0.25, -0.2) is 4.98 Å². The van der Waals surface area contributed by atoms with Gasteiger partial charge < -0.3 is 19.4 Å². The van der Waals surface area contributed by atoms with Crippen LogP contribution in [-0.4, -0.2) is 57.3 Å². The predicted molar refractivity (Wildman–Crippen MR) is 120 cm³/mol. The van der Waals surface area contributed by atoms with E-state index < -0.39 is 0 Å². The lowest BCUT2D eigenvalue weighted by atomic mass is 9.99. The molecule has 0 saturated carbocycles. The number of benzene rings is 1. The third-order valence-corrected chi connectivity index (χ3v) is 5.99. The van der Waals surface area contributed by atoms with Crippen LogP contribution in [0.3, 0.4) is 0 Å². The Labute approximate surface area is 183 Å². The minimum Gasteiger partial charge on any atom is -0.486 e. The van der Waals surface area contributed by atoms with Crippen molar-refractivity contribution in [1.29, 1.82) is 0 Å². The Kier molecular flexibility index (Phi) is 4.41. The van der Waals surface area contributed by atoms with Crippen molar-refractivity contribution in [2.75, 3.05) is 26.3 Å². The molecular formula is C24H21N5O3. The van der Waals surface area contributed by atoms with Crippen LogP contribution < -0.4 is 9.47 Å². The minimum absolute atomic E-state index is 0.0421. The Hall–Kier alpha value is -4.07. The quantitative estimate of drug-likeness (QED) is 0.520. The van der Waals surface area contributed by atoms with E-state index in [4.69, 9.17) is 9.47 Å². The molecule has 32 heavy (non-hydrogen) atoms. The summed E-state index contributed by atoms with van der Waals surface area (Å²) in [6.07, 6.45) is 8.28. The Bertz CT molecular complexity index is 1350. The molecule has 3 aromatic heterocycles. The molecule has 1 amide bonds. The molecule has 0 spiro atoms. The number of aromatic amines is 2. The van der Waals surface area contributed by atoms with Crippen LogP contribution in [0, 0.1) is 0 Å². The predicted octanol–water partition coefficient (Wildman–Crippen LogP) is 3.65. The van der Waals surface area contributed by atoms with Crippen molar-refractivity contribution in [3.63, 3.8) is 0 Å². The lowest BCUT2D eigenvalue weighted by Crippen LogP contribution is -2.34. The minimum atomic E-state index is -0.0421. The van der Waals surface area contributed by atoms with Gasteiger partial charge in [-0.1, -0.05) is 6.08 Å². The average molecular weight is 427 g/mol. The number of nitrogens with one attached hydrogen (secondary N) is 2. The van der Waals surface area contributed by atoms with E-state index in [0.29, 0.717) is 49.1 Å². The molecule has 0 aliphatic carbocycles. The van der Waals surface area contributed by atoms with Crippen molar-refractivity contribution < 1.29 is 14.3 Å². The van der Waals surface area contributed by atoms with Crippen molar-refractivity contribution in [1.82, 2.24) is 25.1 Å². The van der Waals surface area contributed by atoms with E-state index in [1.54, 1.807) is 12.4 Å². The summed E-state index contributed by atoms with van der Waals surface area (Å²) in [5.74, 6) is 1.36. The zero-order valence-electron chi connectivity index (χ0n) is 17.3. The number of hydrogen-bond acceptors (Lipinski definition) is 5. The van der Waals surface area contributed by atoms with E-state index in [2.05, 4.69) is 32.3 Å². The summed E-state index contributed by atoms with van der Waals surface area (Å²) in [4.78, 5) is 22.8. The van der Waals surface area contributed by atoms with Crippen molar-refractivity contribution in [2.24, 2.45) is 0 Å². The molecule has 8 heteroatoms. The van der Waals surface area contributed by atoms with Crippen LogP contribution in [-0.2, 0) is 0 Å². The SMILES string of the molecule is O=C(c1cn[nH]c1-c1ccc2c(c1)OCCO2)N1CC=C(c2c[nH]c3ncccc23)CC1. The summed E-state index contributed by atoms with van der Waals surface area (Å²) in [5, 5.41) is 8.23. The lowest BCUT2D eigenvalue weighted by Gasteiger charge is -2.26. The number of carbonyl (C=O) groups is 1. The van der Waals surface area contributed by atoms with Gasteiger partial charge in [0.1, 0.15) is 18.9 Å². The molecule has 4 aromatic rings. The highest BCUT2D eigenvalue weighted by Crippen LogP contribution is 2.35. The average Bonchev–Trinajstić information content (AvgIpc) is 3.51. The van der Waals surface area contributed by atoms with E-state index in [1.165, 1.54) is 5.57 Å². The molecule has 0 radical (unpaired) electrons. The molecule has 0 unspecified atom stereocenters. The van der Waals surface area contributed by atoms with E-state index in [9.17, 15) is 4.79 Å². The second-order valence-electron chi connectivity index (χ2n) is 7.85. The van der Waals surface area contributed by atoms with E-state index >= 15 is 0 Å². The van der Waals surface area contributed by atoms with Crippen LogP contribution >= 0.6 is 0 Å². The van der Waals surface area contributed by atoms with Gasteiger partial charge in [-0.05, 0) is 42.3 Å². The Balaban J connectivity index is 1.24. The molecule has 0 bridgehead atoms. The summed E-state index contributed by atoms with van der Waals surface area (Å²) >= 11 is 0. The maximum atomic E-state index is 13.3. The number of pyridine rings is 1. The second-order valence-corrected chi connectivity index (χ2v) is 7.85. The number of carbonyl (C=O) groups excluding carboxylic acids is 1. The molecule has 8 nitrogen and oxygen atoms in total. The molecule has 0 saturated heterocycles. The summed E-state index contributed by atoms with van der Waals surface area (Å²) in [7, 11) is 0. The topological polar surface area (TPSA) is 96.1 Å². The van der Waals surface area contributed by atoms with Crippen LogP contribution in [0.25, 0.3) is 27.9 Å². The van der Waals surface area contributed by atoms with Gasteiger partial charge >= 0.3 is 0 Å². The van der Waals surface area contributed by atoms with Gasteiger partial charge in [-0.2, -0.15) is 5.10 Å². The molecular weight excluding hydrogens is 406 g/mol. The standard InChI is InChI=1S/C24H21N5O3/c30-24(19-14-27-28-22(19)16-3-4-20-21(12-16)32-11-10-31-20)29-8-5-15(6-9-29)18-13-26-23-17(18)2-1-7-25-23/h1-5,7,12-14H,6,8-11H2,(H,25,26)(H,27,28). The van der Waals surface area contributed by atoms with Crippen molar-refractivity contribution in [3.8, 4) is 22.8 Å². The Morgan fingerprint density at radius 2 is 2.03 bits per heavy atom. The first-order valence-corrected chi connectivity index (χ1v) is 10.6. The third-order valence-electron chi connectivity index (χ3n) is 5.99. The monoisotopic (exact) mass is 427 g/mol. The molecule has 0 atom stereocenters. The summed E-state index contributed by atoms with van der Waals surface area (Å²) < 4.78 is 11.3. The fourth-order valence-electron chi connectivity index (χ4n) is 4.36. The fraction of sp³-hybridized carbons (Fsp3) is 0.208. The molecule has 5 heterocycles. The first-order valence-electron chi connectivity index (χ1n) is 10.6. The first-order chi connectivity index (χ1) is 15.8. The van der Waals surface area contributed by atoms with Gasteiger partial charge in [0.05, 0.1) is 17.5 Å². The highest BCUT2D eigenvalue weighted by atomic mass is 16.6. The maximum absolute atomic E-state index is 13.3. The van der Waals surface area contributed by atoms with E-state index in [1.807, 2.05) is 35.4 Å². The number of H-pyrrole nitrogens is 2. The van der Waals surface area contributed by atoms with Gasteiger partial charge in [0.15, 0.2) is 11.5 Å². The van der Waals surface area contributed by atoms with Crippen LogP contribution in [0.2, 0.25) is 0 Å². The Morgan fingerprint density at radius 1 is 1.12 bits per heavy atom. The first kappa shape index (κ1) is 18.7.